The van der Waals surface area contributed by atoms with Crippen molar-refractivity contribution in [1.29, 1.82) is 0 Å². The summed E-state index contributed by atoms with van der Waals surface area (Å²) in [4.78, 5) is 12.0. The van der Waals surface area contributed by atoms with Crippen LogP contribution < -0.4 is 68.9 Å². The monoisotopic (exact) mass is 347 g/mol. The molecule has 1 heterocycles. The van der Waals surface area contributed by atoms with Gasteiger partial charge in [0.1, 0.15) is 0 Å². The van der Waals surface area contributed by atoms with Crippen molar-refractivity contribution in [3.8, 4) is 0 Å². The fourth-order valence-corrected chi connectivity index (χ4v) is 1.52. The van der Waals surface area contributed by atoms with E-state index in [2.05, 4.69) is 0 Å². The normalized spacial score (nSPS) is 25.4. The maximum atomic E-state index is 10.1. The zero-order chi connectivity index (χ0) is 10.8. The number of rotatable bonds is 1. The largest absolute Gasteiger partial charge is 1.00 e. The molecule has 2 fully saturated rings. The molecule has 16 heavy (non-hydrogen) atoms. The molecule has 1 saturated carbocycles. The third kappa shape index (κ3) is 7.74. The predicted octanol–water partition coefficient (Wildman–Crippen LogP) is -1.02. The second kappa shape index (κ2) is 8.56. The molecule has 2 atom stereocenters. The van der Waals surface area contributed by atoms with Gasteiger partial charge in [-0.05, 0) is 39.0 Å². The Hall–Kier alpha value is 1.48. The maximum absolute atomic E-state index is 10.1. The first-order valence-corrected chi connectivity index (χ1v) is 5.21. The van der Waals surface area contributed by atoms with Crippen molar-refractivity contribution < 1.29 is 78.4 Å². The minimum atomic E-state index is 0. The van der Waals surface area contributed by atoms with Crippen molar-refractivity contribution in [1.82, 2.24) is 4.90 Å². The van der Waals surface area contributed by atoms with Crippen LogP contribution in [0.25, 0.3) is 0 Å². The molecule has 1 saturated heterocycles. The summed E-state index contributed by atoms with van der Waals surface area (Å²) < 4.78 is 4.94. The van der Waals surface area contributed by atoms with Gasteiger partial charge < -0.3 is 17.1 Å². The Bertz CT molecular complexity index is 194. The summed E-state index contributed by atoms with van der Waals surface area (Å²) in [7, 11) is 1.71. The Morgan fingerprint density at radius 1 is 1.25 bits per heavy atom. The molecule has 1 aliphatic heterocycles. The number of piperidine rings is 1. The van der Waals surface area contributed by atoms with Crippen LogP contribution in [0.3, 0.4) is 0 Å². The van der Waals surface area contributed by atoms with Gasteiger partial charge in [0, 0.05) is 20.2 Å². The molecular weight excluding hydrogens is 323 g/mol. The maximum Gasteiger partial charge on any atom is 1.00 e. The number of likely N-dealkylation sites (tertiary alicyclic amines) is 1. The molecule has 2 aliphatic rings. The van der Waals surface area contributed by atoms with Crippen molar-refractivity contribution in [3.05, 3.63) is 7.43 Å². The van der Waals surface area contributed by atoms with Crippen molar-refractivity contribution in [2.24, 2.45) is 11.8 Å². The van der Waals surface area contributed by atoms with Crippen LogP contribution in [0, 0.1) is 19.3 Å². The molecule has 0 aromatic rings. The van der Waals surface area contributed by atoms with Crippen LogP contribution in [0.15, 0.2) is 0 Å². The van der Waals surface area contributed by atoms with Gasteiger partial charge >= 0.3 is 68.9 Å². The molecule has 0 aromatic heterocycles. The molecule has 0 N–H and O–H groups in total. The number of carbonyl (C=O) groups excluding carboxylic acids is 1. The number of carbonyl (C=O) groups is 1. The van der Waals surface area contributed by atoms with E-state index in [1.54, 1.807) is 7.11 Å². The van der Waals surface area contributed by atoms with Gasteiger partial charge in [-0.25, -0.2) is 0 Å². The average molecular weight is 347 g/mol. The third-order valence-corrected chi connectivity index (χ3v) is 2.77. The van der Waals surface area contributed by atoms with Crippen LogP contribution >= 0.6 is 0 Å². The summed E-state index contributed by atoms with van der Waals surface area (Å²) in [6.07, 6.45) is 2.34. The predicted molar refractivity (Wildman–Crippen MR) is 62.4 cm³/mol. The van der Waals surface area contributed by atoms with Gasteiger partial charge in [-0.2, -0.15) is 0 Å². The Balaban J connectivity index is 0. The minimum Gasteiger partial charge on any atom is -0.379 e. The van der Waals surface area contributed by atoms with E-state index in [0.717, 1.165) is 31.3 Å². The summed E-state index contributed by atoms with van der Waals surface area (Å²) >= 11 is 0. The van der Waals surface area contributed by atoms with Gasteiger partial charge in [-0.1, -0.05) is 0 Å². The van der Waals surface area contributed by atoms with E-state index in [4.69, 9.17) is 4.74 Å². The quantitative estimate of drug-likeness (QED) is 0.449. The molecule has 2 rings (SSSR count). The summed E-state index contributed by atoms with van der Waals surface area (Å²) in [6.45, 7) is 8.13. The fraction of sp³-hybridized carbons (Fsp3) is 0.833. The molecule has 3 nitrogen and oxygen atoms in total. The zero-order valence-electron chi connectivity index (χ0n) is 11.6. The van der Waals surface area contributed by atoms with E-state index in [1.165, 1.54) is 6.42 Å². The van der Waals surface area contributed by atoms with Gasteiger partial charge in [0.25, 0.3) is 0 Å². The topological polar surface area (TPSA) is 29.5 Å². The summed E-state index contributed by atoms with van der Waals surface area (Å²) in [5.41, 5.74) is 0.0417. The first-order chi connectivity index (χ1) is 6.46. The van der Waals surface area contributed by atoms with Crippen molar-refractivity contribution in [2.45, 2.75) is 32.8 Å². The Morgan fingerprint density at radius 2 is 1.62 bits per heavy atom. The van der Waals surface area contributed by atoms with Crippen LogP contribution in [0.4, 0.5) is 0 Å². The van der Waals surface area contributed by atoms with Crippen LogP contribution in [0.5, 0.6) is 0 Å². The second-order valence-corrected chi connectivity index (χ2v) is 5.13. The number of methoxy groups -OCH3 is 1. The number of fused-ring (bicyclic) bond motifs is 1. The number of ether oxygens (including phenoxy) is 1. The van der Waals surface area contributed by atoms with Crippen molar-refractivity contribution >= 4 is 6.41 Å². The SMILES string of the molecule is COC(C)(C)C.O=CN1CC2CC2C1.[CH3-].[Cs+]. The fourth-order valence-electron chi connectivity index (χ4n) is 1.52. The Morgan fingerprint density at radius 3 is 1.81 bits per heavy atom. The smallest absolute Gasteiger partial charge is 0.379 e. The van der Waals surface area contributed by atoms with Crippen LogP contribution in [0.1, 0.15) is 27.2 Å². The summed E-state index contributed by atoms with van der Waals surface area (Å²) in [5, 5.41) is 0. The average Bonchev–Trinajstić information content (AvgIpc) is 2.74. The van der Waals surface area contributed by atoms with Crippen LogP contribution in [-0.4, -0.2) is 37.1 Å². The standard InChI is InChI=1S/C6H9NO.C5H12O.CH3.Cs/c8-4-7-2-5-1-6(5)3-7;1-5(2,3)6-4;;/h4-6H,1-3H2;1-4H3;1H3;/q;;-1;+1. The van der Waals surface area contributed by atoms with Crippen molar-refractivity contribution in [2.75, 3.05) is 20.2 Å². The molecule has 1 aliphatic carbocycles. The minimum absolute atomic E-state index is 0. The number of hydrogen-bond acceptors (Lipinski definition) is 2. The van der Waals surface area contributed by atoms with E-state index in [1.807, 2.05) is 25.7 Å². The van der Waals surface area contributed by atoms with E-state index >= 15 is 0 Å². The van der Waals surface area contributed by atoms with Crippen LogP contribution in [-0.2, 0) is 9.53 Å². The number of hydrogen-bond donors (Lipinski definition) is 0. The van der Waals surface area contributed by atoms with Gasteiger partial charge in [0.2, 0.25) is 6.41 Å². The van der Waals surface area contributed by atoms with Gasteiger partial charge in [0.05, 0.1) is 5.60 Å². The Labute approximate surface area is 159 Å². The molecule has 0 spiro atoms. The molecule has 0 aromatic carbocycles. The molecule has 0 bridgehead atoms. The molecule has 4 heteroatoms. The second-order valence-electron chi connectivity index (χ2n) is 5.13. The van der Waals surface area contributed by atoms with E-state index in [-0.39, 0.29) is 81.9 Å². The molecule has 2 unspecified atom stereocenters. The molecule has 0 radical (unpaired) electrons. The summed E-state index contributed by atoms with van der Waals surface area (Å²) in [5.74, 6) is 1.78. The molecule has 1 amide bonds. The molecular formula is C12H24CsNO2. The van der Waals surface area contributed by atoms with Gasteiger partial charge in [0.15, 0.2) is 0 Å². The molecule has 90 valence electrons. The van der Waals surface area contributed by atoms with Crippen LogP contribution in [0.2, 0.25) is 0 Å². The van der Waals surface area contributed by atoms with Gasteiger partial charge in [-0.3, -0.25) is 4.79 Å². The van der Waals surface area contributed by atoms with Crippen molar-refractivity contribution in [3.63, 3.8) is 0 Å². The first-order valence-electron chi connectivity index (χ1n) is 5.21. The third-order valence-electron chi connectivity index (χ3n) is 2.77. The van der Waals surface area contributed by atoms with E-state index < -0.39 is 0 Å². The van der Waals surface area contributed by atoms with E-state index in [0.29, 0.717) is 0 Å². The van der Waals surface area contributed by atoms with E-state index in [9.17, 15) is 4.79 Å². The Kier molecular flexibility index (Phi) is 10.6. The number of nitrogens with zero attached hydrogens (tertiary/aromatic N) is 1. The zero-order valence-corrected chi connectivity index (χ0v) is 17.9. The summed E-state index contributed by atoms with van der Waals surface area (Å²) in [6, 6.07) is 0. The first kappa shape index (κ1) is 19.8. The number of amides is 1. The van der Waals surface area contributed by atoms with Gasteiger partial charge in [-0.15, -0.1) is 0 Å².